The molecule has 3 rings (SSSR count). The first-order valence-electron chi connectivity index (χ1n) is 5.48. The third kappa shape index (κ3) is 1.94. The molecule has 2 heterocycles. The van der Waals surface area contributed by atoms with E-state index in [9.17, 15) is 9.90 Å². The maximum atomic E-state index is 11.3. The molecule has 0 bridgehead atoms. The van der Waals surface area contributed by atoms with Gasteiger partial charge in [-0.05, 0) is 6.07 Å². The summed E-state index contributed by atoms with van der Waals surface area (Å²) in [5.41, 5.74) is 1.25. The fourth-order valence-electron chi connectivity index (χ4n) is 1.95. The van der Waals surface area contributed by atoms with Crippen molar-refractivity contribution in [3.05, 3.63) is 53.4 Å². The first-order chi connectivity index (χ1) is 9.16. The number of halogens is 1. The van der Waals surface area contributed by atoms with Crippen LogP contribution in [0.2, 0.25) is 5.02 Å². The van der Waals surface area contributed by atoms with Gasteiger partial charge in [0, 0.05) is 17.8 Å². The molecule has 3 aromatic rings. The highest BCUT2D eigenvalue weighted by molar-refractivity contribution is 6.30. The van der Waals surface area contributed by atoms with Crippen LogP contribution in [0.15, 0.2) is 42.9 Å². The number of carboxylic acids is 1. The zero-order valence-electron chi connectivity index (χ0n) is 9.62. The zero-order valence-corrected chi connectivity index (χ0v) is 10.4. The third-order valence-corrected chi connectivity index (χ3v) is 2.95. The summed E-state index contributed by atoms with van der Waals surface area (Å²) in [4.78, 5) is 15.5. The lowest BCUT2D eigenvalue weighted by atomic mass is 10.1. The van der Waals surface area contributed by atoms with Crippen molar-refractivity contribution in [2.24, 2.45) is 0 Å². The van der Waals surface area contributed by atoms with E-state index in [0.717, 1.165) is 0 Å². The fraction of sp³-hybridized carbons (Fsp3) is 0. The van der Waals surface area contributed by atoms with Crippen molar-refractivity contribution in [1.29, 1.82) is 0 Å². The van der Waals surface area contributed by atoms with Gasteiger partial charge in [0.25, 0.3) is 0 Å². The molecule has 0 aliphatic rings. The quantitative estimate of drug-likeness (QED) is 0.779. The number of nitrogens with zero attached hydrogens (tertiary/aromatic N) is 3. The van der Waals surface area contributed by atoms with Gasteiger partial charge in [-0.3, -0.25) is 4.98 Å². The number of hydrogen-bond donors (Lipinski definition) is 1. The highest BCUT2D eigenvalue weighted by atomic mass is 35.5. The predicted molar refractivity (Wildman–Crippen MR) is 70.8 cm³/mol. The van der Waals surface area contributed by atoms with Gasteiger partial charge in [0.1, 0.15) is 5.56 Å². The largest absolute Gasteiger partial charge is 0.478 e. The Hall–Kier alpha value is -2.40. The summed E-state index contributed by atoms with van der Waals surface area (Å²) >= 11 is 5.85. The van der Waals surface area contributed by atoms with Crippen molar-refractivity contribution in [3.8, 4) is 5.69 Å². The molecule has 0 fully saturated rings. The maximum Gasteiger partial charge on any atom is 0.339 e. The second-order valence-electron chi connectivity index (χ2n) is 3.95. The van der Waals surface area contributed by atoms with E-state index in [1.54, 1.807) is 12.3 Å². The van der Waals surface area contributed by atoms with Crippen LogP contribution in [0, 0.1) is 0 Å². The topological polar surface area (TPSA) is 68.0 Å². The van der Waals surface area contributed by atoms with Crippen LogP contribution in [0.3, 0.4) is 0 Å². The second-order valence-corrected chi connectivity index (χ2v) is 4.38. The first-order valence-corrected chi connectivity index (χ1v) is 5.86. The SMILES string of the molecule is O=C(O)c1cnc2ccccc2c1-n1cc(Cl)cn1. The molecule has 0 saturated heterocycles. The van der Waals surface area contributed by atoms with Crippen LogP contribution in [0.1, 0.15) is 10.4 Å². The first kappa shape index (κ1) is 11.7. The summed E-state index contributed by atoms with van der Waals surface area (Å²) in [5, 5.41) is 14.5. The van der Waals surface area contributed by atoms with E-state index < -0.39 is 5.97 Å². The smallest absolute Gasteiger partial charge is 0.339 e. The van der Waals surface area contributed by atoms with Gasteiger partial charge in [0.05, 0.1) is 22.4 Å². The Morgan fingerprint density at radius 3 is 2.74 bits per heavy atom. The molecule has 0 spiro atoms. The summed E-state index contributed by atoms with van der Waals surface area (Å²) in [6.07, 6.45) is 4.35. The number of carbonyl (C=O) groups is 1. The third-order valence-electron chi connectivity index (χ3n) is 2.76. The van der Waals surface area contributed by atoms with Crippen LogP contribution in [0.4, 0.5) is 0 Å². The summed E-state index contributed by atoms with van der Waals surface area (Å²) in [7, 11) is 0. The van der Waals surface area contributed by atoms with Crippen molar-refractivity contribution < 1.29 is 9.90 Å². The lowest BCUT2D eigenvalue weighted by Gasteiger charge is -2.09. The molecule has 1 aromatic carbocycles. The summed E-state index contributed by atoms with van der Waals surface area (Å²) in [5.74, 6) is -1.06. The molecule has 0 aliphatic carbocycles. The van der Waals surface area contributed by atoms with Crippen molar-refractivity contribution in [2.45, 2.75) is 0 Å². The number of pyridine rings is 1. The fourth-order valence-corrected chi connectivity index (χ4v) is 2.09. The van der Waals surface area contributed by atoms with E-state index >= 15 is 0 Å². The summed E-state index contributed by atoms with van der Waals surface area (Å²) < 4.78 is 1.45. The van der Waals surface area contributed by atoms with E-state index in [-0.39, 0.29) is 5.56 Å². The molecular formula is C13H8ClN3O2. The normalized spacial score (nSPS) is 10.8. The van der Waals surface area contributed by atoms with Crippen molar-refractivity contribution in [3.63, 3.8) is 0 Å². The van der Waals surface area contributed by atoms with Gasteiger partial charge in [0.2, 0.25) is 0 Å². The van der Waals surface area contributed by atoms with E-state index in [1.165, 1.54) is 17.1 Å². The molecule has 0 atom stereocenters. The lowest BCUT2D eigenvalue weighted by Crippen LogP contribution is -2.07. The van der Waals surface area contributed by atoms with Crippen LogP contribution in [-0.4, -0.2) is 25.8 Å². The molecule has 6 heteroatoms. The number of aromatic carboxylic acids is 1. The molecule has 0 saturated carbocycles. The minimum Gasteiger partial charge on any atom is -0.478 e. The number of para-hydroxylation sites is 1. The summed E-state index contributed by atoms with van der Waals surface area (Å²) in [6, 6.07) is 7.29. The van der Waals surface area contributed by atoms with Gasteiger partial charge in [0.15, 0.2) is 0 Å². The van der Waals surface area contributed by atoms with Gasteiger partial charge in [-0.1, -0.05) is 29.8 Å². The number of carboxylic acid groups (broad SMARTS) is 1. The average Bonchev–Trinajstić information content (AvgIpc) is 2.83. The predicted octanol–water partition coefficient (Wildman–Crippen LogP) is 2.77. The zero-order chi connectivity index (χ0) is 13.4. The van der Waals surface area contributed by atoms with Gasteiger partial charge < -0.3 is 5.11 Å². The maximum absolute atomic E-state index is 11.3. The molecule has 0 radical (unpaired) electrons. The Morgan fingerprint density at radius 1 is 1.26 bits per heavy atom. The van der Waals surface area contributed by atoms with Crippen molar-refractivity contribution >= 4 is 28.5 Å². The van der Waals surface area contributed by atoms with Gasteiger partial charge in [-0.25, -0.2) is 9.48 Å². The molecule has 1 N–H and O–H groups in total. The standard InChI is InChI=1S/C13H8ClN3O2/c14-8-5-16-17(7-8)12-9-3-1-2-4-11(9)15-6-10(12)13(18)19/h1-7H,(H,18,19). The molecule has 0 aliphatic heterocycles. The minimum atomic E-state index is -1.06. The Balaban J connectivity index is 2.41. The van der Waals surface area contributed by atoms with Gasteiger partial charge >= 0.3 is 5.97 Å². The number of hydrogen-bond acceptors (Lipinski definition) is 3. The second kappa shape index (κ2) is 4.37. The Morgan fingerprint density at radius 2 is 2.05 bits per heavy atom. The van der Waals surface area contributed by atoms with E-state index in [1.807, 2.05) is 18.2 Å². The van der Waals surface area contributed by atoms with Crippen LogP contribution in [0.25, 0.3) is 16.6 Å². The van der Waals surface area contributed by atoms with E-state index in [0.29, 0.717) is 21.6 Å². The number of fused-ring (bicyclic) bond motifs is 1. The Bertz CT molecular complexity index is 782. The molecule has 5 nitrogen and oxygen atoms in total. The van der Waals surface area contributed by atoms with Gasteiger partial charge in [-0.2, -0.15) is 5.10 Å². The number of benzene rings is 1. The molecule has 94 valence electrons. The number of rotatable bonds is 2. The average molecular weight is 274 g/mol. The van der Waals surface area contributed by atoms with Crippen LogP contribution >= 0.6 is 11.6 Å². The highest BCUT2D eigenvalue weighted by Crippen LogP contribution is 2.25. The van der Waals surface area contributed by atoms with Crippen molar-refractivity contribution in [2.75, 3.05) is 0 Å². The summed E-state index contributed by atoms with van der Waals surface area (Å²) in [6.45, 7) is 0. The molecule has 0 amide bonds. The molecule has 19 heavy (non-hydrogen) atoms. The molecular weight excluding hydrogens is 266 g/mol. The van der Waals surface area contributed by atoms with Crippen LogP contribution in [0.5, 0.6) is 0 Å². The van der Waals surface area contributed by atoms with Crippen LogP contribution in [-0.2, 0) is 0 Å². The Labute approximate surface area is 113 Å². The van der Waals surface area contributed by atoms with E-state index in [2.05, 4.69) is 10.1 Å². The van der Waals surface area contributed by atoms with E-state index in [4.69, 9.17) is 11.6 Å². The van der Waals surface area contributed by atoms with Crippen molar-refractivity contribution in [1.82, 2.24) is 14.8 Å². The molecule has 0 unspecified atom stereocenters. The lowest BCUT2D eigenvalue weighted by molar-refractivity contribution is 0.0696. The van der Waals surface area contributed by atoms with Gasteiger partial charge in [-0.15, -0.1) is 0 Å². The minimum absolute atomic E-state index is 0.0819. The molecule has 2 aromatic heterocycles. The monoisotopic (exact) mass is 273 g/mol. The highest BCUT2D eigenvalue weighted by Gasteiger charge is 2.16. The Kier molecular flexibility index (Phi) is 2.68. The number of aromatic nitrogens is 3. The van der Waals surface area contributed by atoms with Crippen LogP contribution < -0.4 is 0 Å².